The molecule has 7 heteroatoms. The Kier molecular flexibility index (Phi) is 4.31. The fourth-order valence-electron chi connectivity index (χ4n) is 1.65. The minimum Gasteiger partial charge on any atom is -0.326 e. The lowest BCUT2D eigenvalue weighted by Crippen LogP contribution is -2.16. The molecule has 2 aromatic rings. The molecule has 0 bridgehead atoms. The van der Waals surface area contributed by atoms with Crippen molar-refractivity contribution in [3.63, 3.8) is 0 Å². The van der Waals surface area contributed by atoms with E-state index in [4.69, 9.17) is 5.73 Å². The normalized spacial score (nSPS) is 11.3. The average molecular weight is 295 g/mol. The molecule has 0 atom stereocenters. The maximum Gasteiger partial charge on any atom is 0.237 e. The number of aromatic nitrogens is 1. The molecule has 0 unspecified atom stereocenters. The summed E-state index contributed by atoms with van der Waals surface area (Å²) in [6.45, 7) is 0.396. The van der Waals surface area contributed by atoms with E-state index in [1.807, 2.05) is 0 Å². The Morgan fingerprint density at radius 3 is 2.40 bits per heavy atom. The second kappa shape index (κ2) is 5.98. The van der Waals surface area contributed by atoms with Crippen LogP contribution in [0.25, 0.3) is 0 Å². The summed E-state index contributed by atoms with van der Waals surface area (Å²) >= 11 is 0. The first kappa shape index (κ1) is 14.4. The summed E-state index contributed by atoms with van der Waals surface area (Å²) in [6, 6.07) is 8.16. The molecule has 3 N–H and O–H groups in total. The van der Waals surface area contributed by atoms with Crippen LogP contribution in [0.2, 0.25) is 0 Å². The number of hydrogen-bond acceptors (Lipinski definition) is 4. The fraction of sp³-hybridized carbons (Fsp3) is 0.154. The topological polar surface area (TPSA) is 85.1 Å². The van der Waals surface area contributed by atoms with Crippen LogP contribution in [0.1, 0.15) is 11.1 Å². The molecule has 0 aliphatic carbocycles. The summed E-state index contributed by atoms with van der Waals surface area (Å²) in [5.74, 6) is -0.950. The van der Waals surface area contributed by atoms with E-state index in [-0.39, 0.29) is 11.4 Å². The number of benzene rings is 1. The first-order valence-corrected chi connectivity index (χ1v) is 7.53. The zero-order chi connectivity index (χ0) is 14.6. The van der Waals surface area contributed by atoms with Gasteiger partial charge < -0.3 is 5.73 Å². The van der Waals surface area contributed by atoms with E-state index in [9.17, 15) is 12.8 Å². The predicted octanol–water partition coefficient (Wildman–Crippen LogP) is 1.62. The molecular weight excluding hydrogens is 281 g/mol. The zero-order valence-electron chi connectivity index (χ0n) is 10.6. The second-order valence-corrected chi connectivity index (χ2v) is 5.96. The summed E-state index contributed by atoms with van der Waals surface area (Å²) < 4.78 is 39.5. The monoisotopic (exact) mass is 295 g/mol. The SMILES string of the molecule is NCc1ccc(CS(=O)(=O)Nc2ccncc2F)cc1. The molecule has 20 heavy (non-hydrogen) atoms. The van der Waals surface area contributed by atoms with Crippen molar-refractivity contribution in [3.05, 3.63) is 59.7 Å². The van der Waals surface area contributed by atoms with Crippen LogP contribution in [0.5, 0.6) is 0 Å². The Labute approximate surface area is 116 Å². The first-order valence-electron chi connectivity index (χ1n) is 5.88. The Bertz CT molecular complexity index is 687. The van der Waals surface area contributed by atoms with E-state index in [0.29, 0.717) is 12.1 Å². The number of nitrogens with one attached hydrogen (secondary N) is 1. The maximum absolute atomic E-state index is 13.4. The Balaban J connectivity index is 2.13. The van der Waals surface area contributed by atoms with Gasteiger partial charge in [-0.1, -0.05) is 24.3 Å². The van der Waals surface area contributed by atoms with Crippen molar-refractivity contribution in [3.8, 4) is 0 Å². The lowest BCUT2D eigenvalue weighted by atomic mass is 10.1. The molecule has 0 aliphatic rings. The van der Waals surface area contributed by atoms with Gasteiger partial charge in [-0.25, -0.2) is 12.8 Å². The third kappa shape index (κ3) is 3.75. The van der Waals surface area contributed by atoms with E-state index in [1.54, 1.807) is 24.3 Å². The van der Waals surface area contributed by atoms with Crippen LogP contribution in [0.4, 0.5) is 10.1 Å². The highest BCUT2D eigenvalue weighted by Gasteiger charge is 2.14. The van der Waals surface area contributed by atoms with Crippen LogP contribution >= 0.6 is 0 Å². The highest BCUT2D eigenvalue weighted by atomic mass is 32.2. The highest BCUT2D eigenvalue weighted by Crippen LogP contribution is 2.15. The predicted molar refractivity (Wildman–Crippen MR) is 74.8 cm³/mol. The zero-order valence-corrected chi connectivity index (χ0v) is 11.4. The summed E-state index contributed by atoms with van der Waals surface area (Å²) in [6.07, 6.45) is 2.27. The molecule has 0 spiro atoms. The highest BCUT2D eigenvalue weighted by molar-refractivity contribution is 7.91. The standard InChI is InChI=1S/C13H14FN3O2S/c14-12-8-16-6-5-13(12)17-20(18,19)9-11-3-1-10(7-15)2-4-11/h1-6,8H,7,9,15H2,(H,16,17). The third-order valence-corrected chi connectivity index (χ3v) is 3.90. The molecule has 0 amide bonds. The van der Waals surface area contributed by atoms with Crippen molar-refractivity contribution < 1.29 is 12.8 Å². The van der Waals surface area contributed by atoms with Crippen molar-refractivity contribution in [1.82, 2.24) is 4.98 Å². The van der Waals surface area contributed by atoms with Gasteiger partial charge in [-0.05, 0) is 17.2 Å². The van der Waals surface area contributed by atoms with E-state index >= 15 is 0 Å². The van der Waals surface area contributed by atoms with Gasteiger partial charge in [0, 0.05) is 12.7 Å². The van der Waals surface area contributed by atoms with Crippen molar-refractivity contribution in [2.45, 2.75) is 12.3 Å². The van der Waals surface area contributed by atoms with Crippen molar-refractivity contribution in [2.75, 3.05) is 4.72 Å². The molecule has 2 rings (SSSR count). The number of rotatable bonds is 5. The molecule has 1 aromatic heterocycles. The van der Waals surface area contributed by atoms with Gasteiger partial charge in [0.05, 0.1) is 17.6 Å². The molecule has 0 saturated carbocycles. The van der Waals surface area contributed by atoms with Gasteiger partial charge in [-0.3, -0.25) is 9.71 Å². The molecular formula is C13H14FN3O2S. The Morgan fingerprint density at radius 2 is 1.80 bits per heavy atom. The van der Waals surface area contributed by atoms with Crippen molar-refractivity contribution in [1.29, 1.82) is 0 Å². The van der Waals surface area contributed by atoms with Crippen molar-refractivity contribution >= 4 is 15.7 Å². The summed E-state index contributed by atoms with van der Waals surface area (Å²) in [4.78, 5) is 3.56. The number of pyridine rings is 1. The Hall–Kier alpha value is -1.99. The van der Waals surface area contributed by atoms with Gasteiger partial charge in [-0.2, -0.15) is 0 Å². The summed E-state index contributed by atoms with van der Waals surface area (Å²) in [7, 11) is -3.68. The molecule has 1 heterocycles. The largest absolute Gasteiger partial charge is 0.326 e. The minimum atomic E-state index is -3.68. The summed E-state index contributed by atoms with van der Waals surface area (Å²) in [5.41, 5.74) is 6.87. The van der Waals surface area contributed by atoms with E-state index in [2.05, 4.69) is 9.71 Å². The van der Waals surface area contributed by atoms with Gasteiger partial charge in [0.15, 0.2) is 5.82 Å². The van der Waals surface area contributed by atoms with Crippen LogP contribution in [0.15, 0.2) is 42.7 Å². The Morgan fingerprint density at radius 1 is 1.15 bits per heavy atom. The lowest BCUT2D eigenvalue weighted by Gasteiger charge is -2.09. The average Bonchev–Trinajstić information content (AvgIpc) is 2.41. The lowest BCUT2D eigenvalue weighted by molar-refractivity contribution is 0.597. The van der Waals surface area contributed by atoms with E-state index < -0.39 is 15.8 Å². The van der Waals surface area contributed by atoms with Crippen LogP contribution in [-0.2, 0) is 22.3 Å². The number of halogens is 1. The minimum absolute atomic E-state index is 0.112. The molecule has 0 aliphatic heterocycles. The van der Waals surface area contributed by atoms with E-state index in [1.165, 1.54) is 12.3 Å². The maximum atomic E-state index is 13.4. The van der Waals surface area contributed by atoms with Gasteiger partial charge in [0.2, 0.25) is 10.0 Å². The smallest absolute Gasteiger partial charge is 0.237 e. The number of sulfonamides is 1. The number of anilines is 1. The second-order valence-electron chi connectivity index (χ2n) is 4.24. The quantitative estimate of drug-likeness (QED) is 0.877. The molecule has 0 fully saturated rings. The fourth-order valence-corrected chi connectivity index (χ4v) is 2.86. The van der Waals surface area contributed by atoms with Crippen LogP contribution < -0.4 is 10.5 Å². The van der Waals surface area contributed by atoms with Gasteiger partial charge in [0.1, 0.15) is 0 Å². The van der Waals surface area contributed by atoms with Crippen molar-refractivity contribution in [2.24, 2.45) is 5.73 Å². The molecule has 0 radical (unpaired) electrons. The molecule has 5 nitrogen and oxygen atoms in total. The van der Waals surface area contributed by atoms with Gasteiger partial charge >= 0.3 is 0 Å². The molecule has 0 saturated heterocycles. The first-order chi connectivity index (χ1) is 9.50. The van der Waals surface area contributed by atoms with Gasteiger partial charge in [-0.15, -0.1) is 0 Å². The molecule has 106 valence electrons. The number of hydrogen-bond donors (Lipinski definition) is 2. The van der Waals surface area contributed by atoms with E-state index in [0.717, 1.165) is 11.8 Å². The number of nitrogens with zero attached hydrogens (tertiary/aromatic N) is 1. The van der Waals surface area contributed by atoms with Crippen LogP contribution in [0.3, 0.4) is 0 Å². The molecule has 1 aromatic carbocycles. The van der Waals surface area contributed by atoms with Gasteiger partial charge in [0.25, 0.3) is 0 Å². The third-order valence-electron chi connectivity index (χ3n) is 2.65. The van der Waals surface area contributed by atoms with Crippen LogP contribution in [-0.4, -0.2) is 13.4 Å². The van der Waals surface area contributed by atoms with Crippen LogP contribution in [0, 0.1) is 5.82 Å². The summed E-state index contributed by atoms with van der Waals surface area (Å²) in [5, 5.41) is 0. The number of nitrogens with two attached hydrogens (primary N) is 1.